The van der Waals surface area contributed by atoms with Gasteiger partial charge in [0, 0.05) is 23.3 Å². The molecule has 10 nitrogen and oxygen atoms in total. The fourth-order valence-corrected chi connectivity index (χ4v) is 6.29. The molecule has 0 aromatic rings. The van der Waals surface area contributed by atoms with Gasteiger partial charge in [-0.3, -0.25) is 9.59 Å². The molecule has 1 heterocycles. The Hall–Kier alpha value is -0.157. The van der Waals surface area contributed by atoms with Crippen LogP contribution in [0.1, 0.15) is 65.2 Å². The Morgan fingerprint density at radius 1 is 1.05 bits per heavy atom. The van der Waals surface area contributed by atoms with E-state index >= 15 is 0 Å². The Balaban J connectivity index is 0.00000400. The van der Waals surface area contributed by atoms with Crippen molar-refractivity contribution in [2.24, 2.45) is 22.7 Å². The van der Waals surface area contributed by atoms with Crippen LogP contribution in [0.25, 0.3) is 0 Å². The zero-order valence-electron chi connectivity index (χ0n) is 23.8. The van der Waals surface area contributed by atoms with E-state index in [1.165, 1.54) is 0 Å². The van der Waals surface area contributed by atoms with Gasteiger partial charge in [0.05, 0.1) is 18.4 Å². The summed E-state index contributed by atoms with van der Waals surface area (Å²) < 4.78 is 16.3. The fraction of sp³-hybridized carbons (Fsp3) is 0.607. The Labute approximate surface area is 319 Å². The molecule has 3 rings (SSSR count). The summed E-state index contributed by atoms with van der Waals surface area (Å²) in [4.78, 5) is 58.3. The van der Waals surface area contributed by atoms with Gasteiger partial charge in [-0.05, 0) is 55.9 Å². The summed E-state index contributed by atoms with van der Waals surface area (Å²) in [5.74, 6) is -4.71. The first-order valence-corrected chi connectivity index (χ1v) is 12.8. The number of fused-ring (bicyclic) bond motifs is 1. The van der Waals surface area contributed by atoms with E-state index in [1.807, 2.05) is 13.0 Å². The molecule has 5 unspecified atom stereocenters. The number of esters is 3. The van der Waals surface area contributed by atoms with Gasteiger partial charge in [0.1, 0.15) is 19.3 Å². The zero-order chi connectivity index (χ0) is 28.1. The molecule has 2 saturated carbocycles. The standard InChI is InChI=1S/C28H36O10.2K/c1-17-4-7-20-27(2,19(17)6-5-18-13-15-36-26(18)35)14-12-21(38-25(34)11-9-23(31)32)28(20,3)16-37-24(33)10-8-22(29)30;;/h5-6,13,19-21H,1,4,7-12,14-16H2,2-3H3,(H,29,30)(H,31,32);;/q;2*+1/p-2/b6-5+;;. The third-order valence-electron chi connectivity index (χ3n) is 8.28. The summed E-state index contributed by atoms with van der Waals surface area (Å²) in [6.07, 6.45) is 5.57. The third-order valence-corrected chi connectivity index (χ3v) is 8.28. The van der Waals surface area contributed by atoms with Gasteiger partial charge in [-0.25, -0.2) is 4.79 Å². The SMILES string of the molecule is C=C1CCC2C(C)(COC(=O)CCC(=O)[O-])C(OC(=O)CCC(=O)[O-])CCC2(C)C1/C=C/C1=CCOC1=O.[K+].[K+]. The molecule has 0 spiro atoms. The average molecular weight is 609 g/mol. The molecule has 12 heteroatoms. The van der Waals surface area contributed by atoms with Gasteiger partial charge in [0.25, 0.3) is 0 Å². The van der Waals surface area contributed by atoms with E-state index in [1.54, 1.807) is 12.2 Å². The Bertz CT molecular complexity index is 1070. The van der Waals surface area contributed by atoms with Gasteiger partial charge < -0.3 is 34.0 Å². The summed E-state index contributed by atoms with van der Waals surface area (Å²) in [6.45, 7) is 8.40. The number of aliphatic carboxylic acids is 2. The van der Waals surface area contributed by atoms with Gasteiger partial charge >= 0.3 is 121 Å². The number of carboxylic acids is 2. The Kier molecular flexibility index (Phi) is 15.7. The van der Waals surface area contributed by atoms with Crippen LogP contribution >= 0.6 is 0 Å². The molecule has 0 amide bonds. The van der Waals surface area contributed by atoms with E-state index in [2.05, 4.69) is 13.5 Å². The molecule has 1 aliphatic heterocycles. The van der Waals surface area contributed by atoms with Gasteiger partial charge in [0.2, 0.25) is 0 Å². The maximum Gasteiger partial charge on any atom is 1.00 e. The van der Waals surface area contributed by atoms with Crippen LogP contribution < -0.4 is 113 Å². The summed E-state index contributed by atoms with van der Waals surface area (Å²) in [7, 11) is 0. The first-order chi connectivity index (χ1) is 17.9. The van der Waals surface area contributed by atoms with E-state index < -0.39 is 48.2 Å². The summed E-state index contributed by atoms with van der Waals surface area (Å²) in [5.41, 5.74) is 0.252. The van der Waals surface area contributed by atoms with E-state index in [0.29, 0.717) is 31.3 Å². The Morgan fingerprint density at radius 3 is 2.25 bits per heavy atom. The second-order valence-corrected chi connectivity index (χ2v) is 10.8. The summed E-state index contributed by atoms with van der Waals surface area (Å²) in [5, 5.41) is 21.6. The van der Waals surface area contributed by atoms with Crippen LogP contribution in [0.3, 0.4) is 0 Å². The van der Waals surface area contributed by atoms with Crippen molar-refractivity contribution in [1.82, 2.24) is 0 Å². The maximum absolute atomic E-state index is 12.5. The fourth-order valence-electron chi connectivity index (χ4n) is 6.29. The molecule has 208 valence electrons. The van der Waals surface area contributed by atoms with Crippen molar-refractivity contribution in [2.75, 3.05) is 13.2 Å². The van der Waals surface area contributed by atoms with Crippen LogP contribution in [0.15, 0.2) is 36.0 Å². The Morgan fingerprint density at radius 2 is 1.68 bits per heavy atom. The van der Waals surface area contributed by atoms with Gasteiger partial charge in [-0.2, -0.15) is 0 Å². The van der Waals surface area contributed by atoms with Crippen LogP contribution in [0.4, 0.5) is 0 Å². The van der Waals surface area contributed by atoms with Crippen LogP contribution in [-0.4, -0.2) is 49.2 Å². The maximum atomic E-state index is 12.5. The predicted octanol–water partition coefficient (Wildman–Crippen LogP) is -5.06. The summed E-state index contributed by atoms with van der Waals surface area (Å²) in [6, 6.07) is 0. The zero-order valence-corrected chi connectivity index (χ0v) is 30.1. The third kappa shape index (κ3) is 9.42. The molecule has 0 bridgehead atoms. The van der Waals surface area contributed by atoms with Crippen LogP contribution in [0.2, 0.25) is 0 Å². The number of carboxylic acid groups (broad SMARTS) is 2. The smallest absolute Gasteiger partial charge is 0.550 e. The number of hydrogen-bond donors (Lipinski definition) is 0. The second-order valence-electron chi connectivity index (χ2n) is 10.8. The molecule has 0 aromatic carbocycles. The number of rotatable bonds is 11. The molecule has 5 atom stereocenters. The largest absolute Gasteiger partial charge is 1.00 e. The van der Waals surface area contributed by atoms with Crippen molar-refractivity contribution in [3.8, 4) is 0 Å². The molecule has 0 saturated heterocycles. The van der Waals surface area contributed by atoms with Crippen molar-refractivity contribution >= 4 is 29.8 Å². The van der Waals surface area contributed by atoms with E-state index in [9.17, 15) is 34.2 Å². The van der Waals surface area contributed by atoms with Gasteiger partial charge in [-0.15, -0.1) is 0 Å². The van der Waals surface area contributed by atoms with Gasteiger partial charge in [0.15, 0.2) is 0 Å². The predicted molar refractivity (Wildman–Crippen MR) is 128 cm³/mol. The minimum Gasteiger partial charge on any atom is -0.550 e. The number of carbonyl (C=O) groups is 5. The minimum absolute atomic E-state index is 0. The second kappa shape index (κ2) is 16.6. The minimum atomic E-state index is -1.36. The number of carbonyl (C=O) groups excluding carboxylic acids is 5. The molecule has 3 aliphatic rings. The van der Waals surface area contributed by atoms with Crippen molar-refractivity contribution in [2.45, 2.75) is 71.3 Å². The first kappa shape index (κ1) is 37.9. The van der Waals surface area contributed by atoms with Crippen molar-refractivity contribution in [1.29, 1.82) is 0 Å². The number of hydrogen-bond acceptors (Lipinski definition) is 10. The topological polar surface area (TPSA) is 159 Å². The van der Waals surface area contributed by atoms with E-state index in [4.69, 9.17) is 14.2 Å². The summed E-state index contributed by atoms with van der Waals surface area (Å²) >= 11 is 0. The average Bonchev–Trinajstić information content (AvgIpc) is 3.26. The molecule has 40 heavy (non-hydrogen) atoms. The van der Waals surface area contributed by atoms with Gasteiger partial charge in [-0.1, -0.05) is 38.2 Å². The van der Waals surface area contributed by atoms with E-state index in [-0.39, 0.29) is 152 Å². The van der Waals surface area contributed by atoms with Crippen LogP contribution in [-0.2, 0) is 38.2 Å². The quantitative estimate of drug-likeness (QED) is 0.0962. The van der Waals surface area contributed by atoms with Crippen molar-refractivity contribution in [3.05, 3.63) is 36.0 Å². The van der Waals surface area contributed by atoms with Crippen LogP contribution in [0, 0.1) is 22.7 Å². The number of cyclic esters (lactones) is 1. The van der Waals surface area contributed by atoms with Crippen molar-refractivity contribution in [3.63, 3.8) is 0 Å². The number of ether oxygens (including phenoxy) is 3. The van der Waals surface area contributed by atoms with Crippen molar-refractivity contribution < 1.29 is 151 Å². The molecule has 2 fully saturated rings. The molecule has 0 radical (unpaired) electrons. The molecular weight excluding hydrogens is 574 g/mol. The molecule has 0 N–H and O–H groups in total. The van der Waals surface area contributed by atoms with E-state index in [0.717, 1.165) is 5.57 Å². The first-order valence-electron chi connectivity index (χ1n) is 12.8. The molecule has 0 aromatic heterocycles. The molecular formula is C28H34K2O10. The molecule has 2 aliphatic carbocycles. The van der Waals surface area contributed by atoms with Crippen LogP contribution in [0.5, 0.6) is 0 Å². The normalized spacial score (nSPS) is 29.2. The number of allylic oxidation sites excluding steroid dienone is 2. The monoisotopic (exact) mass is 608 g/mol.